The largest absolute Gasteiger partial charge is 0.389 e. The number of piperazine rings is 1. The van der Waals surface area contributed by atoms with E-state index in [1.54, 1.807) is 0 Å². The molecule has 0 spiro atoms. The zero-order valence-electron chi connectivity index (χ0n) is 19.9. The molecule has 1 saturated heterocycles. The second-order valence-electron chi connectivity index (χ2n) is 9.12. The Labute approximate surface area is 198 Å². The highest BCUT2D eigenvalue weighted by Crippen LogP contribution is 2.30. The molecule has 178 valence electrons. The number of rotatable bonds is 12. The van der Waals surface area contributed by atoms with Crippen molar-refractivity contribution in [2.24, 2.45) is 0 Å². The molecule has 1 fully saturated rings. The van der Waals surface area contributed by atoms with Crippen LogP contribution in [0, 0.1) is 0 Å². The molecule has 3 rings (SSSR count). The van der Waals surface area contributed by atoms with Crippen LogP contribution in [0.3, 0.4) is 0 Å². The summed E-state index contributed by atoms with van der Waals surface area (Å²) >= 11 is 0. The number of benzene rings is 2. The molecule has 0 bridgehead atoms. The number of aliphatic hydroxyl groups excluding tert-OH is 1. The summed E-state index contributed by atoms with van der Waals surface area (Å²) in [5.41, 5.74) is 2.58. The Morgan fingerprint density at radius 2 is 1.39 bits per heavy atom. The molecule has 0 saturated carbocycles. The van der Waals surface area contributed by atoms with Crippen LogP contribution < -0.4 is 0 Å². The van der Waals surface area contributed by atoms with Crippen molar-refractivity contribution in [1.82, 2.24) is 9.80 Å². The number of ketones is 1. The van der Waals surface area contributed by atoms with E-state index in [0.29, 0.717) is 12.8 Å². The molecular formula is C28H38N2O3. The number of carbonyl (C=O) groups is 2. The third-order valence-corrected chi connectivity index (χ3v) is 6.60. The van der Waals surface area contributed by atoms with E-state index in [4.69, 9.17) is 5.11 Å². The van der Waals surface area contributed by atoms with E-state index in [1.807, 2.05) is 0 Å². The van der Waals surface area contributed by atoms with E-state index in [9.17, 15) is 9.59 Å². The molecule has 2 aromatic carbocycles. The second kappa shape index (κ2) is 13.3. The van der Waals surface area contributed by atoms with Gasteiger partial charge in [0.05, 0.1) is 6.04 Å². The maximum Gasteiger partial charge on any atom is 0.222 e. The van der Waals surface area contributed by atoms with Crippen molar-refractivity contribution in [3.63, 3.8) is 0 Å². The Morgan fingerprint density at radius 3 is 1.94 bits per heavy atom. The zero-order chi connectivity index (χ0) is 23.5. The Bertz CT molecular complexity index is 816. The predicted molar refractivity (Wildman–Crippen MR) is 132 cm³/mol. The van der Waals surface area contributed by atoms with E-state index in [1.165, 1.54) is 11.1 Å². The second-order valence-corrected chi connectivity index (χ2v) is 9.12. The Kier molecular flexibility index (Phi) is 10.1. The van der Waals surface area contributed by atoms with Crippen LogP contribution in [-0.2, 0) is 9.59 Å². The topological polar surface area (TPSA) is 60.9 Å². The molecule has 1 amide bonds. The first kappa shape index (κ1) is 25.1. The minimum atomic E-state index is -0.350. The van der Waals surface area contributed by atoms with Crippen LogP contribution in [-0.4, -0.2) is 58.9 Å². The maximum absolute atomic E-state index is 12.9. The monoisotopic (exact) mass is 450 g/mol. The van der Waals surface area contributed by atoms with Gasteiger partial charge in [-0.05, 0) is 30.9 Å². The van der Waals surface area contributed by atoms with Crippen LogP contribution >= 0.6 is 0 Å². The molecule has 5 nitrogen and oxygen atoms in total. The van der Waals surface area contributed by atoms with Gasteiger partial charge in [-0.3, -0.25) is 14.5 Å². The van der Waals surface area contributed by atoms with Crippen molar-refractivity contribution in [3.05, 3.63) is 71.8 Å². The number of Topliss-reactive ketones (excluding diaryl/α,β-unsaturated/α-hetero) is 1. The lowest BCUT2D eigenvalue weighted by Gasteiger charge is -2.43. The molecular weight excluding hydrogens is 412 g/mol. The van der Waals surface area contributed by atoms with Gasteiger partial charge < -0.3 is 10.0 Å². The van der Waals surface area contributed by atoms with Gasteiger partial charge in [0, 0.05) is 38.5 Å². The maximum atomic E-state index is 12.9. The van der Waals surface area contributed by atoms with Crippen molar-refractivity contribution in [2.45, 2.75) is 64.0 Å². The third-order valence-electron chi connectivity index (χ3n) is 6.60. The van der Waals surface area contributed by atoms with Gasteiger partial charge in [0.2, 0.25) is 5.91 Å². The Morgan fingerprint density at radius 1 is 0.848 bits per heavy atom. The van der Waals surface area contributed by atoms with Crippen molar-refractivity contribution in [2.75, 3.05) is 26.2 Å². The third kappa shape index (κ3) is 7.51. The van der Waals surface area contributed by atoms with Crippen LogP contribution in [0.2, 0.25) is 0 Å². The number of nitrogens with zero attached hydrogens (tertiary/aromatic N) is 2. The minimum absolute atomic E-state index is 0.0833. The van der Waals surface area contributed by atoms with Crippen LogP contribution in [0.1, 0.15) is 69.0 Å². The molecule has 1 N–H and O–H groups in total. The highest BCUT2D eigenvalue weighted by atomic mass is 16.3. The molecule has 1 aliphatic rings. The lowest BCUT2D eigenvalue weighted by molar-refractivity contribution is -0.136. The lowest BCUT2D eigenvalue weighted by Crippen LogP contribution is -2.54. The predicted octanol–water partition coefficient (Wildman–Crippen LogP) is 4.60. The van der Waals surface area contributed by atoms with E-state index < -0.39 is 0 Å². The van der Waals surface area contributed by atoms with Gasteiger partial charge in [-0.25, -0.2) is 0 Å². The van der Waals surface area contributed by atoms with E-state index in [0.717, 1.165) is 51.7 Å². The van der Waals surface area contributed by atoms with Gasteiger partial charge >= 0.3 is 0 Å². The fourth-order valence-corrected chi connectivity index (χ4v) is 4.83. The van der Waals surface area contributed by atoms with Gasteiger partial charge in [-0.15, -0.1) is 0 Å². The van der Waals surface area contributed by atoms with Crippen molar-refractivity contribution in [1.29, 1.82) is 0 Å². The summed E-state index contributed by atoms with van der Waals surface area (Å²) in [4.78, 5) is 28.6. The van der Waals surface area contributed by atoms with Gasteiger partial charge in [0.15, 0.2) is 5.78 Å². The SMILES string of the molecule is C[C@@H]1CN(C(c2ccccc2)c2ccccc2)CCN1C(=O)CCCCCCCC(=O)CO. The number of carbonyl (C=O) groups excluding carboxylic acids is 2. The van der Waals surface area contributed by atoms with Gasteiger partial charge in [-0.2, -0.15) is 0 Å². The van der Waals surface area contributed by atoms with Gasteiger partial charge in [-0.1, -0.05) is 79.9 Å². The van der Waals surface area contributed by atoms with Crippen LogP contribution in [0.15, 0.2) is 60.7 Å². The standard InChI is InChI=1S/C28H38N2O3/c1-23-21-29(28(24-13-7-5-8-14-24)25-15-9-6-10-16-25)19-20-30(23)27(33)18-12-4-2-3-11-17-26(32)22-31/h5-10,13-16,23,28,31H,2-4,11-12,17-22H2,1H3/t23-/m1/s1. The summed E-state index contributed by atoms with van der Waals surface area (Å²) in [6.45, 7) is 4.30. The average Bonchev–Trinajstić information content (AvgIpc) is 2.84. The molecule has 1 atom stereocenters. The summed E-state index contributed by atoms with van der Waals surface area (Å²) in [7, 11) is 0. The van der Waals surface area contributed by atoms with Crippen LogP contribution in [0.5, 0.6) is 0 Å². The quantitative estimate of drug-likeness (QED) is 0.480. The first-order valence-corrected chi connectivity index (χ1v) is 12.4. The number of hydrogen-bond acceptors (Lipinski definition) is 4. The molecule has 0 unspecified atom stereocenters. The summed E-state index contributed by atoms with van der Waals surface area (Å²) < 4.78 is 0. The summed E-state index contributed by atoms with van der Waals surface area (Å²) in [6, 6.07) is 21.7. The molecule has 2 aromatic rings. The first-order valence-electron chi connectivity index (χ1n) is 12.4. The molecule has 0 aromatic heterocycles. The molecule has 1 heterocycles. The number of amides is 1. The highest BCUT2D eigenvalue weighted by Gasteiger charge is 2.32. The number of unbranched alkanes of at least 4 members (excludes halogenated alkanes) is 4. The summed E-state index contributed by atoms with van der Waals surface area (Å²) in [6.07, 6.45) is 5.82. The fraction of sp³-hybridized carbons (Fsp3) is 0.500. The van der Waals surface area contributed by atoms with Crippen molar-refractivity contribution >= 4 is 11.7 Å². The Hall–Kier alpha value is -2.50. The molecule has 5 heteroatoms. The number of hydrogen-bond donors (Lipinski definition) is 1. The van der Waals surface area contributed by atoms with Crippen LogP contribution in [0.4, 0.5) is 0 Å². The van der Waals surface area contributed by atoms with Crippen molar-refractivity contribution < 1.29 is 14.7 Å². The van der Waals surface area contributed by atoms with Gasteiger partial charge in [0.25, 0.3) is 0 Å². The summed E-state index contributed by atoms with van der Waals surface area (Å²) in [5.74, 6) is 0.175. The first-order chi connectivity index (χ1) is 16.1. The zero-order valence-corrected chi connectivity index (χ0v) is 19.9. The number of aliphatic hydroxyl groups is 1. The molecule has 33 heavy (non-hydrogen) atoms. The van der Waals surface area contributed by atoms with E-state index >= 15 is 0 Å². The average molecular weight is 451 g/mol. The van der Waals surface area contributed by atoms with E-state index in [-0.39, 0.29) is 30.4 Å². The molecule has 0 aliphatic carbocycles. The lowest BCUT2D eigenvalue weighted by atomic mass is 9.95. The van der Waals surface area contributed by atoms with Crippen LogP contribution in [0.25, 0.3) is 0 Å². The highest BCUT2D eigenvalue weighted by molar-refractivity contribution is 5.79. The minimum Gasteiger partial charge on any atom is -0.389 e. The summed E-state index contributed by atoms with van der Waals surface area (Å²) in [5, 5.41) is 8.75. The fourth-order valence-electron chi connectivity index (χ4n) is 4.83. The smallest absolute Gasteiger partial charge is 0.222 e. The molecule has 0 radical (unpaired) electrons. The van der Waals surface area contributed by atoms with E-state index in [2.05, 4.69) is 77.4 Å². The molecule has 1 aliphatic heterocycles. The normalized spacial score (nSPS) is 16.8. The van der Waals surface area contributed by atoms with Gasteiger partial charge in [0.1, 0.15) is 6.61 Å². The van der Waals surface area contributed by atoms with Crippen molar-refractivity contribution in [3.8, 4) is 0 Å². The Balaban J connectivity index is 1.49.